The lowest BCUT2D eigenvalue weighted by atomic mass is 9.97. The highest BCUT2D eigenvalue weighted by atomic mass is 16.3. The number of aromatic nitrogens is 2. The Morgan fingerprint density at radius 2 is 1.95 bits per heavy atom. The molecule has 2 rings (SSSR count). The number of anilines is 2. The Labute approximate surface area is 126 Å². The van der Waals surface area contributed by atoms with Gasteiger partial charge in [0.15, 0.2) is 0 Å². The van der Waals surface area contributed by atoms with Crippen LogP contribution in [0.5, 0.6) is 0 Å². The van der Waals surface area contributed by atoms with Gasteiger partial charge in [-0.3, -0.25) is 0 Å². The molecule has 5 N–H and O–H groups in total. The molecule has 0 saturated heterocycles. The van der Waals surface area contributed by atoms with Crippen LogP contribution in [0.2, 0.25) is 0 Å². The summed E-state index contributed by atoms with van der Waals surface area (Å²) in [7, 11) is 0. The van der Waals surface area contributed by atoms with Crippen LogP contribution < -0.4 is 16.6 Å². The summed E-state index contributed by atoms with van der Waals surface area (Å²) < 4.78 is 0. The molecule has 0 bridgehead atoms. The van der Waals surface area contributed by atoms with Crippen LogP contribution in [-0.4, -0.2) is 28.2 Å². The zero-order valence-corrected chi connectivity index (χ0v) is 13.0. The number of hydrogen-bond donors (Lipinski definition) is 4. The van der Waals surface area contributed by atoms with E-state index >= 15 is 0 Å². The minimum Gasteiger partial charge on any atom is -0.396 e. The lowest BCUT2D eigenvalue weighted by Crippen LogP contribution is -2.22. The molecule has 2 atom stereocenters. The van der Waals surface area contributed by atoms with Crippen molar-refractivity contribution in [1.82, 2.24) is 9.97 Å². The molecule has 1 aromatic heterocycles. The molecule has 1 aliphatic carbocycles. The molecule has 1 heterocycles. The van der Waals surface area contributed by atoms with Gasteiger partial charge in [0.2, 0.25) is 0 Å². The van der Waals surface area contributed by atoms with Gasteiger partial charge in [0.1, 0.15) is 17.5 Å². The Morgan fingerprint density at radius 1 is 1.24 bits per heavy atom. The maximum absolute atomic E-state index is 9.40. The van der Waals surface area contributed by atoms with Crippen LogP contribution >= 0.6 is 0 Å². The molecular weight excluding hydrogens is 266 g/mol. The van der Waals surface area contributed by atoms with E-state index in [1.807, 2.05) is 6.92 Å². The molecule has 21 heavy (non-hydrogen) atoms. The first kappa shape index (κ1) is 16.0. The molecule has 0 aromatic carbocycles. The molecule has 6 heteroatoms. The number of nitrogens with zero attached hydrogens (tertiary/aromatic N) is 2. The van der Waals surface area contributed by atoms with Crippen LogP contribution in [0, 0.1) is 18.8 Å². The quantitative estimate of drug-likeness (QED) is 0.452. The van der Waals surface area contributed by atoms with Gasteiger partial charge in [-0.25, -0.2) is 15.8 Å². The smallest absolute Gasteiger partial charge is 0.148 e. The number of aliphatic hydroxyl groups is 1. The van der Waals surface area contributed by atoms with Crippen molar-refractivity contribution in [3.63, 3.8) is 0 Å². The van der Waals surface area contributed by atoms with E-state index in [2.05, 4.69) is 27.6 Å². The highest BCUT2D eigenvalue weighted by Crippen LogP contribution is 2.31. The van der Waals surface area contributed by atoms with Crippen LogP contribution in [0.1, 0.15) is 44.0 Å². The van der Waals surface area contributed by atoms with E-state index in [1.165, 1.54) is 12.8 Å². The molecule has 118 valence electrons. The van der Waals surface area contributed by atoms with Crippen LogP contribution in [0.3, 0.4) is 0 Å². The Hall–Kier alpha value is -1.40. The fourth-order valence-corrected chi connectivity index (χ4v) is 3.06. The third-order valence-electron chi connectivity index (χ3n) is 4.39. The van der Waals surface area contributed by atoms with Crippen molar-refractivity contribution in [3.05, 3.63) is 11.4 Å². The molecule has 1 saturated carbocycles. The van der Waals surface area contributed by atoms with Crippen molar-refractivity contribution in [2.75, 3.05) is 23.9 Å². The third kappa shape index (κ3) is 3.83. The number of aliphatic hydroxyl groups excluding tert-OH is 1. The molecule has 1 aliphatic rings. The number of nitrogens with two attached hydrogens (primary N) is 1. The van der Waals surface area contributed by atoms with Crippen LogP contribution in [-0.2, 0) is 6.42 Å². The molecular formula is C15H27N5O. The van der Waals surface area contributed by atoms with Gasteiger partial charge in [0, 0.05) is 25.1 Å². The van der Waals surface area contributed by atoms with Crippen LogP contribution in [0.25, 0.3) is 0 Å². The minimum absolute atomic E-state index is 0.284. The summed E-state index contributed by atoms with van der Waals surface area (Å²) in [5, 5.41) is 12.8. The van der Waals surface area contributed by atoms with Crippen molar-refractivity contribution >= 4 is 11.6 Å². The summed E-state index contributed by atoms with van der Waals surface area (Å²) in [5.74, 6) is 8.83. The van der Waals surface area contributed by atoms with Gasteiger partial charge in [-0.05, 0) is 38.0 Å². The number of nitrogens with one attached hydrogen (secondary N) is 2. The van der Waals surface area contributed by atoms with Gasteiger partial charge in [-0.15, -0.1) is 0 Å². The maximum Gasteiger partial charge on any atom is 0.148 e. The average Bonchev–Trinajstić information content (AvgIpc) is 2.95. The Bertz CT molecular complexity index is 466. The topological polar surface area (TPSA) is 96.1 Å². The minimum atomic E-state index is 0.284. The fourth-order valence-electron chi connectivity index (χ4n) is 3.06. The summed E-state index contributed by atoms with van der Waals surface area (Å²) in [6.07, 6.45) is 5.35. The van der Waals surface area contributed by atoms with Gasteiger partial charge < -0.3 is 15.8 Å². The largest absolute Gasteiger partial charge is 0.396 e. The van der Waals surface area contributed by atoms with E-state index in [4.69, 9.17) is 5.84 Å². The summed E-state index contributed by atoms with van der Waals surface area (Å²) in [6, 6.07) is 0. The van der Waals surface area contributed by atoms with Crippen molar-refractivity contribution in [2.45, 2.75) is 46.0 Å². The van der Waals surface area contributed by atoms with Gasteiger partial charge in [0.25, 0.3) is 0 Å². The molecule has 0 spiro atoms. The van der Waals surface area contributed by atoms with E-state index in [1.54, 1.807) is 0 Å². The Morgan fingerprint density at radius 3 is 2.62 bits per heavy atom. The molecule has 1 fully saturated rings. The highest BCUT2D eigenvalue weighted by Gasteiger charge is 2.26. The van der Waals surface area contributed by atoms with Gasteiger partial charge in [-0.1, -0.05) is 13.3 Å². The normalized spacial score (nSPS) is 21.5. The summed E-state index contributed by atoms with van der Waals surface area (Å²) >= 11 is 0. The summed E-state index contributed by atoms with van der Waals surface area (Å²) in [6.45, 7) is 5.20. The van der Waals surface area contributed by atoms with E-state index in [-0.39, 0.29) is 6.61 Å². The van der Waals surface area contributed by atoms with E-state index in [9.17, 15) is 5.11 Å². The predicted octanol–water partition coefficient (Wildman–Crippen LogP) is 1.84. The molecule has 0 aliphatic heterocycles. The van der Waals surface area contributed by atoms with Crippen molar-refractivity contribution < 1.29 is 5.11 Å². The monoisotopic (exact) mass is 293 g/mol. The average molecular weight is 293 g/mol. The first-order valence-corrected chi connectivity index (χ1v) is 7.88. The van der Waals surface area contributed by atoms with Crippen molar-refractivity contribution in [1.29, 1.82) is 0 Å². The second-order valence-corrected chi connectivity index (χ2v) is 5.87. The lowest BCUT2D eigenvalue weighted by molar-refractivity contribution is 0.199. The van der Waals surface area contributed by atoms with E-state index in [0.29, 0.717) is 17.7 Å². The van der Waals surface area contributed by atoms with Gasteiger partial charge in [-0.2, -0.15) is 0 Å². The third-order valence-corrected chi connectivity index (χ3v) is 4.39. The van der Waals surface area contributed by atoms with E-state index in [0.717, 1.165) is 43.0 Å². The standard InChI is InChI=1S/C15H27N5O/c1-3-5-13-18-14(10(2)15(19-13)20-16)17-8-11-6-4-7-12(11)9-21/h11-12,21H,3-9,16H2,1-2H3,(H2,17,18,19,20). The number of aryl methyl sites for hydroxylation is 1. The van der Waals surface area contributed by atoms with Crippen LogP contribution in [0.15, 0.2) is 0 Å². The summed E-state index contributed by atoms with van der Waals surface area (Å²) in [4.78, 5) is 9.03. The first-order chi connectivity index (χ1) is 10.2. The number of rotatable bonds is 7. The second-order valence-electron chi connectivity index (χ2n) is 5.87. The number of nitrogen functional groups attached to an aromatic ring is 1. The molecule has 6 nitrogen and oxygen atoms in total. The Balaban J connectivity index is 2.09. The second kappa shape index (κ2) is 7.56. The first-order valence-electron chi connectivity index (χ1n) is 7.88. The Kier molecular flexibility index (Phi) is 5.76. The zero-order valence-electron chi connectivity index (χ0n) is 13.0. The number of hydrazine groups is 1. The fraction of sp³-hybridized carbons (Fsp3) is 0.733. The van der Waals surface area contributed by atoms with Gasteiger partial charge in [0.05, 0.1) is 0 Å². The molecule has 0 amide bonds. The van der Waals surface area contributed by atoms with E-state index < -0.39 is 0 Å². The lowest BCUT2D eigenvalue weighted by Gasteiger charge is -2.20. The van der Waals surface area contributed by atoms with Crippen molar-refractivity contribution in [3.8, 4) is 0 Å². The summed E-state index contributed by atoms with van der Waals surface area (Å²) in [5.41, 5.74) is 3.59. The molecule has 2 unspecified atom stereocenters. The SMILES string of the molecule is CCCc1nc(NN)c(C)c(NCC2CCCC2CO)n1. The highest BCUT2D eigenvalue weighted by molar-refractivity contribution is 5.56. The van der Waals surface area contributed by atoms with Crippen LogP contribution in [0.4, 0.5) is 11.6 Å². The number of hydrogen-bond acceptors (Lipinski definition) is 6. The predicted molar refractivity (Wildman–Crippen MR) is 85.0 cm³/mol. The zero-order chi connectivity index (χ0) is 15.2. The molecule has 1 aromatic rings. The van der Waals surface area contributed by atoms with Gasteiger partial charge >= 0.3 is 0 Å². The maximum atomic E-state index is 9.40. The molecule has 0 radical (unpaired) electrons. The van der Waals surface area contributed by atoms with Crippen molar-refractivity contribution in [2.24, 2.45) is 17.7 Å².